The number of phosphoric ester groups is 1. The highest BCUT2D eigenvalue weighted by Gasteiger charge is 2.31. The molecule has 2 unspecified atom stereocenters. The Labute approximate surface area is 125 Å². The first-order valence-corrected chi connectivity index (χ1v) is 8.78. The summed E-state index contributed by atoms with van der Waals surface area (Å²) in [5.74, 6) is 0. The molecule has 0 bridgehead atoms. The van der Waals surface area contributed by atoms with Crippen LogP contribution in [0, 0.1) is 6.57 Å². The van der Waals surface area contributed by atoms with Crippen molar-refractivity contribution in [3.8, 4) is 0 Å². The molecule has 2 saturated heterocycles. The minimum atomic E-state index is -3.66. The molecule has 0 radical (unpaired) electrons. The fraction of sp³-hybridized carbons (Fsp3) is 0.923. The van der Waals surface area contributed by atoms with Gasteiger partial charge in [0.05, 0.1) is 25.4 Å². The van der Waals surface area contributed by atoms with Crippen molar-refractivity contribution >= 4 is 7.82 Å². The molecule has 0 amide bonds. The van der Waals surface area contributed by atoms with Gasteiger partial charge in [-0.3, -0.25) is 13.6 Å². The second kappa shape index (κ2) is 8.84. The average molecular weight is 319 g/mol. The first kappa shape index (κ1) is 16.9. The van der Waals surface area contributed by atoms with Crippen LogP contribution < -0.4 is 0 Å². The third-order valence-corrected chi connectivity index (χ3v) is 4.77. The third-order valence-electron chi connectivity index (χ3n) is 3.34. The smallest absolute Gasteiger partial charge is 0.376 e. The van der Waals surface area contributed by atoms with Crippen LogP contribution >= 0.6 is 7.82 Å². The van der Waals surface area contributed by atoms with E-state index < -0.39 is 7.82 Å². The van der Waals surface area contributed by atoms with E-state index in [1.807, 2.05) is 0 Å². The summed E-state index contributed by atoms with van der Waals surface area (Å²) in [4.78, 5) is 3.16. The standard InChI is InChI=1S/C13H22NO6P/c1-14-6-9-18-21(15,19-10-12-4-2-7-16-12)20-11-13-5-3-8-17-13/h12-13H,2-11H2. The molecule has 2 heterocycles. The summed E-state index contributed by atoms with van der Waals surface area (Å²) in [6.07, 6.45) is 3.60. The van der Waals surface area contributed by atoms with Crippen LogP contribution in [0.4, 0.5) is 0 Å². The Morgan fingerprint density at radius 3 is 2.05 bits per heavy atom. The fourth-order valence-electron chi connectivity index (χ4n) is 2.21. The number of ether oxygens (including phenoxy) is 2. The summed E-state index contributed by atoms with van der Waals surface area (Å²) in [7, 11) is -3.66. The maximum absolute atomic E-state index is 12.5. The summed E-state index contributed by atoms with van der Waals surface area (Å²) in [5, 5.41) is 0. The number of hydrogen-bond donors (Lipinski definition) is 0. The van der Waals surface area contributed by atoms with Gasteiger partial charge in [0.15, 0.2) is 0 Å². The molecule has 0 N–H and O–H groups in total. The molecule has 2 atom stereocenters. The maximum atomic E-state index is 12.5. The summed E-state index contributed by atoms with van der Waals surface area (Å²) in [5.41, 5.74) is 0. The fourth-order valence-corrected chi connectivity index (χ4v) is 3.44. The molecule has 2 fully saturated rings. The zero-order valence-corrected chi connectivity index (χ0v) is 13.0. The number of hydrogen-bond acceptors (Lipinski definition) is 6. The highest BCUT2D eigenvalue weighted by molar-refractivity contribution is 7.48. The lowest BCUT2D eigenvalue weighted by molar-refractivity contribution is 0.0196. The summed E-state index contributed by atoms with van der Waals surface area (Å²) < 4.78 is 39.2. The van der Waals surface area contributed by atoms with Crippen LogP contribution in [0.2, 0.25) is 0 Å². The molecule has 0 aromatic rings. The molecule has 8 heteroatoms. The quantitative estimate of drug-likeness (QED) is 0.369. The van der Waals surface area contributed by atoms with Crippen molar-refractivity contribution in [3.05, 3.63) is 11.4 Å². The third kappa shape index (κ3) is 6.03. The molecule has 2 aliphatic rings. The first-order valence-electron chi connectivity index (χ1n) is 7.32. The molecule has 2 rings (SSSR count). The van der Waals surface area contributed by atoms with Crippen LogP contribution in [-0.4, -0.2) is 51.8 Å². The second-order valence-corrected chi connectivity index (χ2v) is 6.69. The SMILES string of the molecule is [C-]#[N+]CCOP(=O)(OCC1CCCO1)OCC1CCCO1. The van der Waals surface area contributed by atoms with E-state index >= 15 is 0 Å². The molecule has 120 valence electrons. The molecule has 2 aliphatic heterocycles. The van der Waals surface area contributed by atoms with Gasteiger partial charge in [-0.1, -0.05) is 0 Å². The zero-order chi connectivity index (χ0) is 15.0. The van der Waals surface area contributed by atoms with Crippen LogP contribution in [0.15, 0.2) is 0 Å². The van der Waals surface area contributed by atoms with E-state index in [2.05, 4.69) is 4.85 Å². The highest BCUT2D eigenvalue weighted by Crippen LogP contribution is 2.50. The van der Waals surface area contributed by atoms with Gasteiger partial charge in [0.25, 0.3) is 0 Å². The van der Waals surface area contributed by atoms with Gasteiger partial charge in [-0.05, 0) is 25.7 Å². The van der Waals surface area contributed by atoms with Gasteiger partial charge in [-0.2, -0.15) is 0 Å². The Kier molecular flexibility index (Phi) is 7.11. The molecule has 0 aromatic heterocycles. The first-order chi connectivity index (χ1) is 10.2. The van der Waals surface area contributed by atoms with E-state index in [1.165, 1.54) is 0 Å². The van der Waals surface area contributed by atoms with Gasteiger partial charge < -0.3 is 14.3 Å². The van der Waals surface area contributed by atoms with Crippen molar-refractivity contribution in [2.24, 2.45) is 0 Å². The van der Waals surface area contributed by atoms with Crippen LogP contribution in [0.5, 0.6) is 0 Å². The minimum Gasteiger partial charge on any atom is -0.376 e. The number of phosphoric acid groups is 1. The number of rotatable bonds is 9. The van der Waals surface area contributed by atoms with E-state index in [0.717, 1.165) is 25.7 Å². The number of nitrogens with zero attached hydrogens (tertiary/aromatic N) is 1. The minimum absolute atomic E-state index is 0.0256. The van der Waals surface area contributed by atoms with Crippen molar-refractivity contribution in [2.75, 3.05) is 39.6 Å². The normalized spacial score (nSPS) is 28.3. The van der Waals surface area contributed by atoms with Crippen molar-refractivity contribution in [2.45, 2.75) is 37.9 Å². The Morgan fingerprint density at radius 1 is 1.05 bits per heavy atom. The Balaban J connectivity index is 1.79. The van der Waals surface area contributed by atoms with Crippen LogP contribution in [0.3, 0.4) is 0 Å². The largest absolute Gasteiger partial charge is 0.475 e. The molecule has 0 aliphatic carbocycles. The van der Waals surface area contributed by atoms with Crippen molar-refractivity contribution in [1.82, 2.24) is 0 Å². The Morgan fingerprint density at radius 2 is 1.62 bits per heavy atom. The summed E-state index contributed by atoms with van der Waals surface area (Å²) >= 11 is 0. The van der Waals surface area contributed by atoms with Gasteiger partial charge in [0.2, 0.25) is 6.54 Å². The lowest BCUT2D eigenvalue weighted by atomic mass is 10.2. The van der Waals surface area contributed by atoms with Gasteiger partial charge in [-0.15, -0.1) is 0 Å². The molecule has 7 nitrogen and oxygen atoms in total. The van der Waals surface area contributed by atoms with Crippen LogP contribution in [0.25, 0.3) is 4.85 Å². The van der Waals surface area contributed by atoms with Crippen LogP contribution in [0.1, 0.15) is 25.7 Å². The van der Waals surface area contributed by atoms with E-state index in [0.29, 0.717) is 13.2 Å². The molecular weight excluding hydrogens is 297 g/mol. The van der Waals surface area contributed by atoms with E-state index in [1.54, 1.807) is 0 Å². The Hall–Kier alpha value is -0.480. The topological polar surface area (TPSA) is 67.6 Å². The van der Waals surface area contributed by atoms with E-state index in [-0.39, 0.29) is 38.6 Å². The van der Waals surface area contributed by atoms with Gasteiger partial charge >= 0.3 is 7.82 Å². The van der Waals surface area contributed by atoms with Crippen molar-refractivity contribution in [1.29, 1.82) is 0 Å². The predicted molar refractivity (Wildman–Crippen MR) is 74.9 cm³/mol. The highest BCUT2D eigenvalue weighted by atomic mass is 31.2. The molecule has 21 heavy (non-hydrogen) atoms. The summed E-state index contributed by atoms with van der Waals surface area (Å²) in [6.45, 7) is 8.63. The zero-order valence-electron chi connectivity index (χ0n) is 12.1. The molecule has 0 saturated carbocycles. The lowest BCUT2D eigenvalue weighted by Gasteiger charge is -2.20. The Bertz CT molecular complexity index is 363. The average Bonchev–Trinajstić information content (AvgIpc) is 3.17. The van der Waals surface area contributed by atoms with Crippen LogP contribution in [-0.2, 0) is 27.6 Å². The van der Waals surface area contributed by atoms with Crippen molar-refractivity contribution in [3.63, 3.8) is 0 Å². The maximum Gasteiger partial charge on any atom is 0.475 e. The van der Waals surface area contributed by atoms with Crippen molar-refractivity contribution < 1.29 is 27.6 Å². The molecule has 0 spiro atoms. The van der Waals surface area contributed by atoms with E-state index in [4.69, 9.17) is 29.6 Å². The molecule has 0 aromatic carbocycles. The van der Waals surface area contributed by atoms with E-state index in [9.17, 15) is 4.57 Å². The molecular formula is C13H22NO6P. The monoisotopic (exact) mass is 319 g/mol. The van der Waals surface area contributed by atoms with Gasteiger partial charge in [-0.25, -0.2) is 11.1 Å². The lowest BCUT2D eigenvalue weighted by Crippen LogP contribution is -2.18. The summed E-state index contributed by atoms with van der Waals surface area (Å²) in [6, 6.07) is 0. The second-order valence-electron chi connectivity index (χ2n) is 5.02. The van der Waals surface area contributed by atoms with Gasteiger partial charge in [0.1, 0.15) is 6.61 Å². The van der Waals surface area contributed by atoms with Gasteiger partial charge in [0, 0.05) is 13.2 Å². The predicted octanol–water partition coefficient (Wildman–Crippen LogP) is 2.42.